The van der Waals surface area contributed by atoms with Crippen LogP contribution in [0.5, 0.6) is 0 Å². The van der Waals surface area contributed by atoms with Gasteiger partial charge in [0.25, 0.3) is 0 Å². The third kappa shape index (κ3) is 4.45. The molecule has 0 fully saturated rings. The molecule has 1 atom stereocenters. The van der Waals surface area contributed by atoms with Gasteiger partial charge in [0, 0.05) is 37.9 Å². The molecular weight excluding hydrogens is 343 g/mol. The van der Waals surface area contributed by atoms with Crippen molar-refractivity contribution in [2.75, 3.05) is 18.8 Å². The largest absolute Gasteiger partial charge is 0.291 e. The first kappa shape index (κ1) is 18.0. The lowest BCUT2D eigenvalue weighted by atomic mass is 10.1. The van der Waals surface area contributed by atoms with Crippen LogP contribution in [-0.2, 0) is 23.1 Å². The van der Waals surface area contributed by atoms with Gasteiger partial charge in [0.2, 0.25) is 10.0 Å². The molecule has 0 saturated heterocycles. The van der Waals surface area contributed by atoms with E-state index in [-0.39, 0.29) is 17.6 Å². The van der Waals surface area contributed by atoms with Crippen molar-refractivity contribution in [1.82, 2.24) is 19.4 Å². The summed E-state index contributed by atoms with van der Waals surface area (Å²) in [6.07, 6.45) is 2.40. The number of fused-ring (bicyclic) bond motifs is 1. The van der Waals surface area contributed by atoms with Gasteiger partial charge in [0.05, 0.1) is 17.5 Å². The molecule has 0 amide bonds. The Labute approximate surface area is 147 Å². The van der Waals surface area contributed by atoms with Crippen LogP contribution in [0.15, 0.2) is 36.5 Å². The Balaban J connectivity index is 1.68. The van der Waals surface area contributed by atoms with Crippen LogP contribution in [0.25, 0.3) is 0 Å². The maximum atomic E-state index is 13.9. The normalized spacial score (nSPS) is 18.2. The minimum Gasteiger partial charge on any atom is -0.291 e. The number of hydrogen-bond acceptors (Lipinski definition) is 4. The molecule has 136 valence electrons. The Morgan fingerprint density at radius 2 is 2.12 bits per heavy atom. The van der Waals surface area contributed by atoms with Crippen LogP contribution in [0.2, 0.25) is 0 Å². The average molecular weight is 366 g/mol. The molecule has 1 aliphatic rings. The maximum absolute atomic E-state index is 13.9. The molecule has 0 saturated carbocycles. The summed E-state index contributed by atoms with van der Waals surface area (Å²) in [5, 5.41) is 4.37. The quantitative estimate of drug-likeness (QED) is 0.813. The van der Waals surface area contributed by atoms with Gasteiger partial charge in [0.15, 0.2) is 0 Å². The molecule has 1 aliphatic heterocycles. The van der Waals surface area contributed by atoms with E-state index in [0.717, 1.165) is 5.69 Å². The lowest BCUT2D eigenvalue weighted by Gasteiger charge is -2.34. The molecule has 6 nitrogen and oxygen atoms in total. The first-order valence-corrected chi connectivity index (χ1v) is 10.1. The van der Waals surface area contributed by atoms with Crippen LogP contribution in [0.4, 0.5) is 4.39 Å². The summed E-state index contributed by atoms with van der Waals surface area (Å²) in [6, 6.07) is 8.81. The fourth-order valence-corrected chi connectivity index (χ4v) is 3.78. The fourth-order valence-electron chi connectivity index (χ4n) is 3.15. The number of halogens is 1. The van der Waals surface area contributed by atoms with Crippen LogP contribution in [-0.4, -0.2) is 41.9 Å². The standard InChI is InChI=1S/C17H23FN4O2S/c1-2-25(23,24)20-10-8-16-13-21(12-15-7-9-19-22(15)16)11-14-5-3-4-6-17(14)18/h3-7,9,16,20H,2,8,10-13H2,1H3. The Morgan fingerprint density at radius 3 is 2.88 bits per heavy atom. The minimum atomic E-state index is -3.19. The predicted molar refractivity (Wildman–Crippen MR) is 93.9 cm³/mol. The van der Waals surface area contributed by atoms with Crippen molar-refractivity contribution < 1.29 is 12.8 Å². The number of aromatic nitrogens is 2. The molecule has 1 aromatic carbocycles. The molecule has 0 aliphatic carbocycles. The summed E-state index contributed by atoms with van der Waals surface area (Å²) < 4.78 is 41.7. The van der Waals surface area contributed by atoms with E-state index in [0.29, 0.717) is 38.2 Å². The van der Waals surface area contributed by atoms with Crippen molar-refractivity contribution in [2.24, 2.45) is 0 Å². The summed E-state index contributed by atoms with van der Waals surface area (Å²) in [7, 11) is -3.19. The van der Waals surface area contributed by atoms with Crippen molar-refractivity contribution in [2.45, 2.75) is 32.5 Å². The van der Waals surface area contributed by atoms with Gasteiger partial charge in [-0.2, -0.15) is 5.10 Å². The molecule has 0 bridgehead atoms. The zero-order valence-electron chi connectivity index (χ0n) is 14.2. The van der Waals surface area contributed by atoms with Gasteiger partial charge in [-0.05, 0) is 25.5 Å². The first-order chi connectivity index (χ1) is 12.0. The van der Waals surface area contributed by atoms with E-state index in [2.05, 4.69) is 14.7 Å². The number of hydrogen-bond donors (Lipinski definition) is 1. The number of nitrogens with zero attached hydrogens (tertiary/aromatic N) is 3. The molecule has 2 heterocycles. The van der Waals surface area contributed by atoms with Gasteiger partial charge in [-0.15, -0.1) is 0 Å². The molecular formula is C17H23FN4O2S. The van der Waals surface area contributed by atoms with E-state index in [4.69, 9.17) is 0 Å². The van der Waals surface area contributed by atoms with Gasteiger partial charge in [-0.3, -0.25) is 9.58 Å². The molecule has 25 heavy (non-hydrogen) atoms. The first-order valence-electron chi connectivity index (χ1n) is 8.44. The second-order valence-electron chi connectivity index (χ2n) is 6.27. The maximum Gasteiger partial charge on any atom is 0.211 e. The molecule has 1 unspecified atom stereocenters. The van der Waals surface area contributed by atoms with Crippen molar-refractivity contribution in [3.8, 4) is 0 Å². The third-order valence-electron chi connectivity index (χ3n) is 4.48. The van der Waals surface area contributed by atoms with Crippen molar-refractivity contribution in [3.63, 3.8) is 0 Å². The molecule has 2 aromatic rings. The monoisotopic (exact) mass is 366 g/mol. The molecule has 1 N–H and O–H groups in total. The Hall–Kier alpha value is -1.77. The number of sulfonamides is 1. The second-order valence-corrected chi connectivity index (χ2v) is 8.36. The van der Waals surface area contributed by atoms with E-state index in [1.165, 1.54) is 6.07 Å². The predicted octanol–water partition coefficient (Wildman–Crippen LogP) is 1.91. The van der Waals surface area contributed by atoms with Gasteiger partial charge in [-0.1, -0.05) is 18.2 Å². The highest BCUT2D eigenvalue weighted by molar-refractivity contribution is 7.89. The highest BCUT2D eigenvalue weighted by Gasteiger charge is 2.26. The number of nitrogens with one attached hydrogen (secondary N) is 1. The van der Waals surface area contributed by atoms with Crippen LogP contribution < -0.4 is 4.72 Å². The van der Waals surface area contributed by atoms with E-state index < -0.39 is 10.0 Å². The summed E-state index contributed by atoms with van der Waals surface area (Å²) in [5.74, 6) is -0.127. The lowest BCUT2D eigenvalue weighted by Crippen LogP contribution is -2.39. The molecule has 0 radical (unpaired) electrons. The number of rotatable bonds is 7. The number of benzene rings is 1. The summed E-state index contributed by atoms with van der Waals surface area (Å²) in [5.41, 5.74) is 1.73. The fraction of sp³-hybridized carbons (Fsp3) is 0.471. The highest BCUT2D eigenvalue weighted by Crippen LogP contribution is 2.24. The Morgan fingerprint density at radius 1 is 1.32 bits per heavy atom. The molecule has 3 rings (SSSR count). The highest BCUT2D eigenvalue weighted by atomic mass is 32.2. The molecule has 8 heteroatoms. The smallest absolute Gasteiger partial charge is 0.211 e. The zero-order valence-corrected chi connectivity index (χ0v) is 15.0. The van der Waals surface area contributed by atoms with Crippen LogP contribution in [0.1, 0.15) is 30.6 Å². The third-order valence-corrected chi connectivity index (χ3v) is 5.89. The van der Waals surface area contributed by atoms with Gasteiger partial charge >= 0.3 is 0 Å². The SMILES string of the molecule is CCS(=O)(=O)NCCC1CN(Cc2ccccc2F)Cc2ccnn21. The molecule has 0 spiro atoms. The van der Waals surface area contributed by atoms with Gasteiger partial charge < -0.3 is 0 Å². The minimum absolute atomic E-state index is 0.0603. The van der Waals surface area contributed by atoms with E-state index in [1.54, 1.807) is 25.3 Å². The van der Waals surface area contributed by atoms with Crippen molar-refractivity contribution in [3.05, 3.63) is 53.6 Å². The average Bonchev–Trinajstić information content (AvgIpc) is 3.05. The Kier molecular flexibility index (Phi) is 5.51. The lowest BCUT2D eigenvalue weighted by molar-refractivity contribution is 0.160. The second kappa shape index (κ2) is 7.63. The van der Waals surface area contributed by atoms with Gasteiger partial charge in [0.1, 0.15) is 5.82 Å². The van der Waals surface area contributed by atoms with Crippen LogP contribution in [0, 0.1) is 5.82 Å². The van der Waals surface area contributed by atoms with E-state index in [1.807, 2.05) is 16.8 Å². The summed E-state index contributed by atoms with van der Waals surface area (Å²) >= 11 is 0. The van der Waals surface area contributed by atoms with Crippen LogP contribution >= 0.6 is 0 Å². The molecule has 1 aromatic heterocycles. The van der Waals surface area contributed by atoms with E-state index in [9.17, 15) is 12.8 Å². The summed E-state index contributed by atoms with van der Waals surface area (Å²) in [6.45, 7) is 3.91. The zero-order chi connectivity index (χ0) is 17.9. The summed E-state index contributed by atoms with van der Waals surface area (Å²) in [4.78, 5) is 2.18. The van der Waals surface area contributed by atoms with Gasteiger partial charge in [-0.25, -0.2) is 17.5 Å². The van der Waals surface area contributed by atoms with Crippen molar-refractivity contribution >= 4 is 10.0 Å². The topological polar surface area (TPSA) is 67.2 Å². The van der Waals surface area contributed by atoms with Crippen LogP contribution in [0.3, 0.4) is 0 Å². The van der Waals surface area contributed by atoms with E-state index >= 15 is 0 Å². The van der Waals surface area contributed by atoms with Crippen molar-refractivity contribution in [1.29, 1.82) is 0 Å². The Bertz CT molecular complexity index is 822.